The van der Waals surface area contributed by atoms with E-state index in [4.69, 9.17) is 16.9 Å². The van der Waals surface area contributed by atoms with E-state index < -0.39 is 0 Å². The number of nitrogens with zero attached hydrogens (tertiary/aromatic N) is 4. The molecule has 1 unspecified atom stereocenters. The molecule has 0 aliphatic rings. The van der Waals surface area contributed by atoms with Crippen molar-refractivity contribution in [3.8, 4) is 11.8 Å². The molecule has 0 radical (unpaired) electrons. The van der Waals surface area contributed by atoms with Gasteiger partial charge in [0.1, 0.15) is 0 Å². The van der Waals surface area contributed by atoms with Crippen LogP contribution in [0.1, 0.15) is 19.0 Å². The predicted octanol–water partition coefficient (Wildman–Crippen LogP) is 3.60. The molecule has 2 amide bonds. The van der Waals surface area contributed by atoms with Gasteiger partial charge in [-0.2, -0.15) is 5.26 Å². The quantitative estimate of drug-likeness (QED) is 0.930. The Balaban J connectivity index is 2.18. The molecule has 2 rings (SSSR count). The first kappa shape index (κ1) is 16.8. The van der Waals surface area contributed by atoms with Crippen LogP contribution in [0, 0.1) is 18.3 Å². The van der Waals surface area contributed by atoms with Crippen LogP contribution < -0.4 is 5.32 Å². The second kappa shape index (κ2) is 7.16. The molecule has 120 valence electrons. The van der Waals surface area contributed by atoms with E-state index in [1.54, 1.807) is 23.9 Å². The first-order valence-corrected chi connectivity index (χ1v) is 7.54. The molecule has 1 aromatic heterocycles. The van der Waals surface area contributed by atoms with Crippen LogP contribution in [0.4, 0.5) is 10.6 Å². The van der Waals surface area contributed by atoms with E-state index in [1.807, 2.05) is 32.0 Å². The molecule has 0 aliphatic carbocycles. The Bertz CT molecular complexity index is 749. The number of halogens is 1. The molecule has 1 heterocycles. The lowest BCUT2D eigenvalue weighted by atomic mass is 10.2. The predicted molar refractivity (Wildman–Crippen MR) is 89.8 cm³/mol. The highest BCUT2D eigenvalue weighted by Crippen LogP contribution is 2.22. The molecule has 0 spiro atoms. The maximum absolute atomic E-state index is 12.2. The van der Waals surface area contributed by atoms with Crippen molar-refractivity contribution in [2.24, 2.45) is 0 Å². The minimum Gasteiger partial charge on any atom is -0.324 e. The number of carbonyl (C=O) groups is 1. The lowest BCUT2D eigenvalue weighted by molar-refractivity contribution is 0.208. The highest BCUT2D eigenvalue weighted by atomic mass is 35.5. The van der Waals surface area contributed by atoms with Gasteiger partial charge < -0.3 is 4.90 Å². The lowest BCUT2D eigenvalue weighted by Crippen LogP contribution is -2.38. The van der Waals surface area contributed by atoms with Crippen LogP contribution in [0.3, 0.4) is 0 Å². The van der Waals surface area contributed by atoms with Crippen LogP contribution in [-0.4, -0.2) is 33.8 Å². The molecule has 0 bridgehead atoms. The second-order valence-corrected chi connectivity index (χ2v) is 5.69. The third-order valence-electron chi connectivity index (χ3n) is 3.57. The Morgan fingerprint density at radius 3 is 2.87 bits per heavy atom. The molecule has 0 saturated carbocycles. The van der Waals surface area contributed by atoms with E-state index >= 15 is 0 Å². The Kier molecular flexibility index (Phi) is 5.24. The molecule has 0 aliphatic heterocycles. The molecule has 6 nitrogen and oxygen atoms in total. The Morgan fingerprint density at radius 2 is 2.22 bits per heavy atom. The zero-order valence-electron chi connectivity index (χ0n) is 13.2. The average molecular weight is 332 g/mol. The number of nitriles is 1. The summed E-state index contributed by atoms with van der Waals surface area (Å²) in [6.07, 6.45) is 0.275. The molecule has 2 aromatic rings. The highest BCUT2D eigenvalue weighted by molar-refractivity contribution is 6.32. The van der Waals surface area contributed by atoms with Crippen molar-refractivity contribution in [3.63, 3.8) is 0 Å². The minimum atomic E-state index is -0.309. The SMILES string of the molecule is Cc1cc(NC(=O)N(C)C(C)CC#N)nn1-c1ccccc1Cl. The van der Waals surface area contributed by atoms with Gasteiger partial charge in [-0.15, -0.1) is 5.10 Å². The van der Waals surface area contributed by atoms with E-state index in [9.17, 15) is 4.79 Å². The van der Waals surface area contributed by atoms with E-state index in [-0.39, 0.29) is 18.5 Å². The Hall–Kier alpha value is -2.52. The van der Waals surface area contributed by atoms with Crippen LogP contribution in [0.5, 0.6) is 0 Å². The zero-order chi connectivity index (χ0) is 17.0. The number of aromatic nitrogens is 2. The van der Waals surface area contributed by atoms with Gasteiger partial charge in [0.2, 0.25) is 0 Å². The molecule has 1 atom stereocenters. The monoisotopic (exact) mass is 331 g/mol. The number of carbonyl (C=O) groups excluding carboxylic acids is 1. The number of urea groups is 1. The molecular formula is C16H18ClN5O. The van der Waals surface area contributed by atoms with Crippen molar-refractivity contribution in [3.05, 3.63) is 41.0 Å². The molecule has 1 N–H and O–H groups in total. The molecule has 23 heavy (non-hydrogen) atoms. The Morgan fingerprint density at radius 1 is 1.52 bits per heavy atom. The van der Waals surface area contributed by atoms with Gasteiger partial charge in [0.25, 0.3) is 0 Å². The van der Waals surface area contributed by atoms with Crippen LogP contribution in [0.15, 0.2) is 30.3 Å². The van der Waals surface area contributed by atoms with Gasteiger partial charge in [-0.05, 0) is 26.0 Å². The number of aryl methyl sites for hydroxylation is 1. The number of rotatable bonds is 4. The number of amides is 2. The number of para-hydroxylation sites is 1. The zero-order valence-corrected chi connectivity index (χ0v) is 14.0. The van der Waals surface area contributed by atoms with Gasteiger partial charge in [-0.1, -0.05) is 23.7 Å². The molecule has 7 heteroatoms. The van der Waals surface area contributed by atoms with Gasteiger partial charge >= 0.3 is 6.03 Å². The van der Waals surface area contributed by atoms with Crippen LogP contribution in [0.25, 0.3) is 5.69 Å². The summed E-state index contributed by atoms with van der Waals surface area (Å²) in [6, 6.07) is 10.7. The van der Waals surface area contributed by atoms with Crippen molar-refractivity contribution in [1.82, 2.24) is 14.7 Å². The van der Waals surface area contributed by atoms with E-state index in [1.165, 1.54) is 4.90 Å². The Labute approximate surface area is 140 Å². The molecule has 1 aromatic carbocycles. The van der Waals surface area contributed by atoms with Crippen LogP contribution >= 0.6 is 11.6 Å². The summed E-state index contributed by atoms with van der Waals surface area (Å²) in [5, 5.41) is 16.4. The summed E-state index contributed by atoms with van der Waals surface area (Å²) in [5.41, 5.74) is 1.60. The third-order valence-corrected chi connectivity index (χ3v) is 3.89. The molecule has 0 fully saturated rings. The van der Waals surface area contributed by atoms with Gasteiger partial charge in [0, 0.05) is 24.8 Å². The fourth-order valence-electron chi connectivity index (χ4n) is 2.07. The number of hydrogen-bond acceptors (Lipinski definition) is 3. The van der Waals surface area contributed by atoms with Crippen molar-refractivity contribution in [2.75, 3.05) is 12.4 Å². The first-order valence-electron chi connectivity index (χ1n) is 7.16. The second-order valence-electron chi connectivity index (χ2n) is 5.29. The maximum atomic E-state index is 12.2. The normalized spacial score (nSPS) is 11.6. The fraction of sp³-hybridized carbons (Fsp3) is 0.312. The summed E-state index contributed by atoms with van der Waals surface area (Å²) >= 11 is 6.19. The number of nitrogens with one attached hydrogen (secondary N) is 1. The van der Waals surface area contributed by atoms with Gasteiger partial charge in [0.15, 0.2) is 5.82 Å². The standard InChI is InChI=1S/C16H18ClN5O/c1-11(8-9-18)21(3)16(23)19-15-10-12(2)22(20-15)14-7-5-4-6-13(14)17/h4-7,10-11H,8H2,1-3H3,(H,19,20,23). The summed E-state index contributed by atoms with van der Waals surface area (Å²) in [5.74, 6) is 0.434. The van der Waals surface area contributed by atoms with Crippen LogP contribution in [-0.2, 0) is 0 Å². The number of benzene rings is 1. The molecular weight excluding hydrogens is 314 g/mol. The van der Waals surface area contributed by atoms with Gasteiger partial charge in [0.05, 0.1) is 23.2 Å². The van der Waals surface area contributed by atoms with Crippen molar-refractivity contribution in [2.45, 2.75) is 26.3 Å². The summed E-state index contributed by atoms with van der Waals surface area (Å²) < 4.78 is 1.68. The summed E-state index contributed by atoms with van der Waals surface area (Å²) in [7, 11) is 1.65. The minimum absolute atomic E-state index is 0.174. The van der Waals surface area contributed by atoms with Crippen LogP contribution in [0.2, 0.25) is 5.02 Å². The third kappa shape index (κ3) is 3.82. The number of anilines is 1. The van der Waals surface area contributed by atoms with E-state index in [0.29, 0.717) is 10.8 Å². The van der Waals surface area contributed by atoms with Crippen molar-refractivity contribution < 1.29 is 4.79 Å². The van der Waals surface area contributed by atoms with E-state index in [2.05, 4.69) is 16.5 Å². The maximum Gasteiger partial charge on any atom is 0.323 e. The fourth-order valence-corrected chi connectivity index (χ4v) is 2.29. The number of hydrogen-bond donors (Lipinski definition) is 1. The lowest BCUT2D eigenvalue weighted by Gasteiger charge is -2.22. The average Bonchev–Trinajstić information content (AvgIpc) is 2.87. The first-order chi connectivity index (χ1) is 10.9. The van der Waals surface area contributed by atoms with Gasteiger partial charge in [-0.25, -0.2) is 9.48 Å². The summed E-state index contributed by atoms with van der Waals surface area (Å²) in [4.78, 5) is 13.7. The smallest absolute Gasteiger partial charge is 0.323 e. The van der Waals surface area contributed by atoms with Crippen molar-refractivity contribution >= 4 is 23.4 Å². The highest BCUT2D eigenvalue weighted by Gasteiger charge is 2.17. The summed E-state index contributed by atoms with van der Waals surface area (Å²) in [6.45, 7) is 3.70. The largest absolute Gasteiger partial charge is 0.324 e. The van der Waals surface area contributed by atoms with Gasteiger partial charge in [-0.3, -0.25) is 5.32 Å². The molecule has 0 saturated heterocycles. The topological polar surface area (TPSA) is 74.0 Å². The van der Waals surface area contributed by atoms with Crippen molar-refractivity contribution in [1.29, 1.82) is 5.26 Å². The van der Waals surface area contributed by atoms with E-state index in [0.717, 1.165) is 11.4 Å².